The number of pyridine rings is 1. The van der Waals surface area contributed by atoms with Crippen LogP contribution in [0.25, 0.3) is 0 Å². The third kappa shape index (κ3) is 3.58. The minimum atomic E-state index is -0.0565. The number of likely N-dealkylation sites (N-methyl/N-ethyl adjacent to an activating group) is 1. The number of rotatable bonds is 5. The smallest absolute Gasteiger partial charge is 0.272 e. The molecular formula is C14H16N4O. The van der Waals surface area contributed by atoms with Gasteiger partial charge in [-0.15, -0.1) is 0 Å². The summed E-state index contributed by atoms with van der Waals surface area (Å²) in [6, 6.07) is 5.56. The molecular weight excluding hydrogens is 240 g/mol. The third-order valence-electron chi connectivity index (χ3n) is 2.89. The van der Waals surface area contributed by atoms with E-state index in [1.807, 2.05) is 19.1 Å². The molecule has 0 saturated carbocycles. The SMILES string of the molecule is CCN(CCc1ccncc1)C(=O)c1ccncn1. The fourth-order valence-corrected chi connectivity index (χ4v) is 1.80. The number of nitrogens with zero attached hydrogens (tertiary/aromatic N) is 4. The van der Waals surface area contributed by atoms with E-state index in [1.54, 1.807) is 29.6 Å². The zero-order valence-electron chi connectivity index (χ0n) is 10.9. The number of hydrogen-bond donors (Lipinski definition) is 0. The molecule has 0 saturated heterocycles. The normalized spacial score (nSPS) is 10.2. The van der Waals surface area contributed by atoms with Crippen molar-refractivity contribution in [3.63, 3.8) is 0 Å². The van der Waals surface area contributed by atoms with Gasteiger partial charge in [-0.25, -0.2) is 9.97 Å². The van der Waals surface area contributed by atoms with E-state index in [1.165, 1.54) is 11.9 Å². The summed E-state index contributed by atoms with van der Waals surface area (Å²) in [4.78, 5) is 25.8. The Bertz CT molecular complexity index is 515. The van der Waals surface area contributed by atoms with Gasteiger partial charge in [-0.1, -0.05) is 0 Å². The molecule has 1 amide bonds. The fraction of sp³-hybridized carbons (Fsp3) is 0.286. The van der Waals surface area contributed by atoms with Crippen LogP contribution in [-0.2, 0) is 6.42 Å². The first kappa shape index (κ1) is 13.1. The molecule has 5 nitrogen and oxygen atoms in total. The molecule has 0 fully saturated rings. The van der Waals surface area contributed by atoms with E-state index in [4.69, 9.17) is 0 Å². The summed E-state index contributed by atoms with van der Waals surface area (Å²) in [6.07, 6.45) is 7.31. The van der Waals surface area contributed by atoms with Gasteiger partial charge in [0.15, 0.2) is 0 Å². The molecule has 5 heteroatoms. The van der Waals surface area contributed by atoms with Gasteiger partial charge >= 0.3 is 0 Å². The molecule has 0 aliphatic rings. The van der Waals surface area contributed by atoms with E-state index in [-0.39, 0.29) is 5.91 Å². The molecule has 98 valence electrons. The maximum Gasteiger partial charge on any atom is 0.272 e. The van der Waals surface area contributed by atoms with Crippen molar-refractivity contribution in [2.75, 3.05) is 13.1 Å². The highest BCUT2D eigenvalue weighted by Gasteiger charge is 2.14. The zero-order chi connectivity index (χ0) is 13.5. The molecule has 0 atom stereocenters. The van der Waals surface area contributed by atoms with Crippen molar-refractivity contribution in [1.82, 2.24) is 19.9 Å². The molecule has 0 spiro atoms. The Labute approximate surface area is 112 Å². The Kier molecular flexibility index (Phi) is 4.55. The first-order valence-electron chi connectivity index (χ1n) is 6.25. The van der Waals surface area contributed by atoms with E-state index in [0.717, 1.165) is 6.42 Å². The highest BCUT2D eigenvalue weighted by atomic mass is 16.2. The first-order valence-corrected chi connectivity index (χ1v) is 6.25. The van der Waals surface area contributed by atoms with Crippen LogP contribution < -0.4 is 0 Å². The molecule has 19 heavy (non-hydrogen) atoms. The van der Waals surface area contributed by atoms with Crippen molar-refractivity contribution in [3.05, 3.63) is 54.4 Å². The molecule has 2 aromatic rings. The van der Waals surface area contributed by atoms with Crippen LogP contribution in [0.4, 0.5) is 0 Å². The summed E-state index contributed by atoms with van der Waals surface area (Å²) in [5, 5.41) is 0. The monoisotopic (exact) mass is 256 g/mol. The lowest BCUT2D eigenvalue weighted by Crippen LogP contribution is -2.33. The maximum atomic E-state index is 12.2. The molecule has 2 aromatic heterocycles. The molecule has 0 aromatic carbocycles. The highest BCUT2D eigenvalue weighted by molar-refractivity contribution is 5.92. The van der Waals surface area contributed by atoms with E-state index in [0.29, 0.717) is 18.8 Å². The summed E-state index contributed by atoms with van der Waals surface area (Å²) in [6.45, 7) is 3.29. The van der Waals surface area contributed by atoms with Crippen LogP contribution in [0, 0.1) is 0 Å². The van der Waals surface area contributed by atoms with Gasteiger partial charge in [0.05, 0.1) is 0 Å². The van der Waals surface area contributed by atoms with Crippen LogP contribution in [0.5, 0.6) is 0 Å². The average Bonchev–Trinajstić information content (AvgIpc) is 2.49. The quantitative estimate of drug-likeness (QED) is 0.815. The van der Waals surface area contributed by atoms with Crippen LogP contribution in [0.3, 0.4) is 0 Å². The van der Waals surface area contributed by atoms with Gasteiger partial charge < -0.3 is 4.90 Å². The van der Waals surface area contributed by atoms with Crippen LogP contribution in [-0.4, -0.2) is 38.8 Å². The fourth-order valence-electron chi connectivity index (χ4n) is 1.80. The van der Waals surface area contributed by atoms with Gasteiger partial charge in [-0.3, -0.25) is 9.78 Å². The van der Waals surface area contributed by atoms with Crippen molar-refractivity contribution in [1.29, 1.82) is 0 Å². The Hall–Kier alpha value is -2.30. The van der Waals surface area contributed by atoms with Crippen LogP contribution in [0.1, 0.15) is 23.0 Å². The Balaban J connectivity index is 1.99. The lowest BCUT2D eigenvalue weighted by atomic mass is 10.2. The van der Waals surface area contributed by atoms with Gasteiger partial charge in [0.2, 0.25) is 0 Å². The van der Waals surface area contributed by atoms with E-state index >= 15 is 0 Å². The molecule has 0 radical (unpaired) electrons. The minimum absolute atomic E-state index is 0.0565. The van der Waals surface area contributed by atoms with Crippen LogP contribution in [0.2, 0.25) is 0 Å². The van der Waals surface area contributed by atoms with Crippen LogP contribution >= 0.6 is 0 Å². The van der Waals surface area contributed by atoms with Crippen molar-refractivity contribution < 1.29 is 4.79 Å². The Morgan fingerprint density at radius 3 is 2.53 bits per heavy atom. The molecule has 0 bridgehead atoms. The molecule has 2 heterocycles. The van der Waals surface area contributed by atoms with E-state index < -0.39 is 0 Å². The molecule has 0 aliphatic heterocycles. The van der Waals surface area contributed by atoms with Crippen LogP contribution in [0.15, 0.2) is 43.1 Å². The second-order valence-corrected chi connectivity index (χ2v) is 4.08. The molecule has 2 rings (SSSR count). The first-order chi connectivity index (χ1) is 9.31. The molecule has 0 N–H and O–H groups in total. The van der Waals surface area contributed by atoms with Gasteiger partial charge in [0.25, 0.3) is 5.91 Å². The zero-order valence-corrected chi connectivity index (χ0v) is 10.9. The number of carbonyl (C=O) groups excluding carboxylic acids is 1. The summed E-state index contributed by atoms with van der Waals surface area (Å²) in [5.74, 6) is -0.0565. The summed E-state index contributed by atoms with van der Waals surface area (Å²) in [7, 11) is 0. The summed E-state index contributed by atoms with van der Waals surface area (Å²) in [5.41, 5.74) is 1.61. The number of carbonyl (C=O) groups is 1. The van der Waals surface area contributed by atoms with Crippen molar-refractivity contribution in [3.8, 4) is 0 Å². The van der Waals surface area contributed by atoms with Crippen molar-refractivity contribution in [2.24, 2.45) is 0 Å². The Morgan fingerprint density at radius 1 is 1.16 bits per heavy atom. The Morgan fingerprint density at radius 2 is 1.89 bits per heavy atom. The van der Waals surface area contributed by atoms with Gasteiger partial charge in [0.1, 0.15) is 12.0 Å². The highest BCUT2D eigenvalue weighted by Crippen LogP contribution is 2.04. The standard InChI is InChI=1S/C14H16N4O/c1-2-18(10-6-12-3-7-15-8-4-12)14(19)13-5-9-16-11-17-13/h3-5,7-9,11H,2,6,10H2,1H3. The second-order valence-electron chi connectivity index (χ2n) is 4.08. The summed E-state index contributed by atoms with van der Waals surface area (Å²) >= 11 is 0. The van der Waals surface area contributed by atoms with Gasteiger partial charge in [-0.2, -0.15) is 0 Å². The van der Waals surface area contributed by atoms with Gasteiger partial charge in [0, 0.05) is 31.7 Å². The number of hydrogen-bond acceptors (Lipinski definition) is 4. The lowest BCUT2D eigenvalue weighted by Gasteiger charge is -2.20. The van der Waals surface area contributed by atoms with Gasteiger partial charge in [-0.05, 0) is 37.1 Å². The lowest BCUT2D eigenvalue weighted by molar-refractivity contribution is 0.0760. The van der Waals surface area contributed by atoms with Crippen molar-refractivity contribution >= 4 is 5.91 Å². The third-order valence-corrected chi connectivity index (χ3v) is 2.89. The van der Waals surface area contributed by atoms with Crippen molar-refractivity contribution in [2.45, 2.75) is 13.3 Å². The maximum absolute atomic E-state index is 12.2. The number of aromatic nitrogens is 3. The topological polar surface area (TPSA) is 59.0 Å². The average molecular weight is 256 g/mol. The minimum Gasteiger partial charge on any atom is -0.337 e. The predicted octanol–water partition coefficient (Wildman–Crippen LogP) is 1.58. The molecule has 0 unspecified atom stereocenters. The largest absolute Gasteiger partial charge is 0.337 e. The van der Waals surface area contributed by atoms with E-state index in [2.05, 4.69) is 15.0 Å². The van der Waals surface area contributed by atoms with E-state index in [9.17, 15) is 4.79 Å². The summed E-state index contributed by atoms with van der Waals surface area (Å²) < 4.78 is 0. The molecule has 0 aliphatic carbocycles. The second kappa shape index (κ2) is 6.58. The number of amides is 1. The predicted molar refractivity (Wildman–Crippen MR) is 71.6 cm³/mol.